The van der Waals surface area contributed by atoms with Crippen LogP contribution in [0.25, 0.3) is 0 Å². The number of benzene rings is 1. The predicted molar refractivity (Wildman–Crippen MR) is 138 cm³/mol. The van der Waals surface area contributed by atoms with Gasteiger partial charge in [0, 0.05) is 5.75 Å². The summed E-state index contributed by atoms with van der Waals surface area (Å²) >= 11 is 5.61. The molecular formula is C23H36N4O5S2. The van der Waals surface area contributed by atoms with Crippen molar-refractivity contribution < 1.29 is 24.3 Å². The Kier molecular flexibility index (Phi) is 13.7. The summed E-state index contributed by atoms with van der Waals surface area (Å²) in [7, 11) is 0. The van der Waals surface area contributed by atoms with Crippen LogP contribution in [0.1, 0.15) is 32.3 Å². The summed E-state index contributed by atoms with van der Waals surface area (Å²) in [5, 5.41) is 17.1. The van der Waals surface area contributed by atoms with Crippen molar-refractivity contribution in [2.24, 2.45) is 11.7 Å². The van der Waals surface area contributed by atoms with Crippen LogP contribution in [0, 0.1) is 5.92 Å². The van der Waals surface area contributed by atoms with Crippen LogP contribution in [-0.2, 0) is 25.6 Å². The number of thiol groups is 1. The van der Waals surface area contributed by atoms with Crippen molar-refractivity contribution in [3.8, 4) is 0 Å². The van der Waals surface area contributed by atoms with E-state index in [0.29, 0.717) is 18.6 Å². The molecule has 190 valence electrons. The number of nitrogens with two attached hydrogens (primary N) is 1. The third kappa shape index (κ3) is 9.94. The highest BCUT2D eigenvalue weighted by molar-refractivity contribution is 7.98. The molecule has 0 bridgehead atoms. The largest absolute Gasteiger partial charge is 0.480 e. The number of rotatable bonds is 15. The van der Waals surface area contributed by atoms with Gasteiger partial charge in [0.25, 0.3) is 0 Å². The minimum absolute atomic E-state index is 0.0405. The molecule has 0 aliphatic carbocycles. The van der Waals surface area contributed by atoms with E-state index in [1.807, 2.05) is 50.4 Å². The summed E-state index contributed by atoms with van der Waals surface area (Å²) < 4.78 is 0. The van der Waals surface area contributed by atoms with E-state index in [1.165, 1.54) is 11.8 Å². The summed E-state index contributed by atoms with van der Waals surface area (Å²) in [6, 6.07) is 5.42. The maximum absolute atomic E-state index is 13.0. The first kappa shape index (κ1) is 29.8. The molecule has 34 heavy (non-hydrogen) atoms. The normalized spacial score (nSPS) is 15.3. The number of carbonyl (C=O) groups excluding carboxylic acids is 3. The number of thioether (sulfide) groups is 1. The molecule has 0 spiro atoms. The molecule has 0 heterocycles. The van der Waals surface area contributed by atoms with E-state index in [0.717, 1.165) is 5.56 Å². The van der Waals surface area contributed by atoms with Crippen molar-refractivity contribution in [2.75, 3.05) is 17.8 Å². The zero-order valence-corrected chi connectivity index (χ0v) is 21.5. The van der Waals surface area contributed by atoms with Gasteiger partial charge in [0.05, 0.1) is 6.04 Å². The molecule has 9 nitrogen and oxygen atoms in total. The lowest BCUT2D eigenvalue weighted by atomic mass is 9.97. The third-order valence-corrected chi connectivity index (χ3v) is 6.48. The molecule has 3 amide bonds. The Bertz CT molecular complexity index is 812. The minimum atomic E-state index is -1.15. The van der Waals surface area contributed by atoms with Crippen LogP contribution in [0.3, 0.4) is 0 Å². The smallest absolute Gasteiger partial charge is 0.326 e. The highest BCUT2D eigenvalue weighted by Gasteiger charge is 2.32. The van der Waals surface area contributed by atoms with Gasteiger partial charge in [0.2, 0.25) is 17.7 Å². The molecule has 5 atom stereocenters. The number of carbonyl (C=O) groups is 4. The van der Waals surface area contributed by atoms with Gasteiger partial charge in [-0.3, -0.25) is 14.4 Å². The van der Waals surface area contributed by atoms with Crippen molar-refractivity contribution in [3.63, 3.8) is 0 Å². The number of hydrogen-bond acceptors (Lipinski definition) is 7. The molecule has 1 aromatic rings. The lowest BCUT2D eigenvalue weighted by Gasteiger charge is -2.27. The summed E-state index contributed by atoms with van der Waals surface area (Å²) in [6.45, 7) is 3.69. The number of aliphatic carboxylic acids is 1. The number of hydrogen-bond donors (Lipinski definition) is 6. The molecule has 0 aliphatic heterocycles. The Labute approximate surface area is 210 Å². The average Bonchev–Trinajstić information content (AvgIpc) is 2.82. The van der Waals surface area contributed by atoms with Gasteiger partial charge in [-0.25, -0.2) is 4.79 Å². The Morgan fingerprint density at radius 2 is 1.65 bits per heavy atom. The van der Waals surface area contributed by atoms with Gasteiger partial charge in [0.1, 0.15) is 18.1 Å². The fourth-order valence-electron chi connectivity index (χ4n) is 3.14. The Morgan fingerprint density at radius 3 is 2.18 bits per heavy atom. The molecular weight excluding hydrogens is 476 g/mol. The van der Waals surface area contributed by atoms with E-state index in [1.54, 1.807) is 0 Å². The monoisotopic (exact) mass is 512 g/mol. The van der Waals surface area contributed by atoms with Crippen LogP contribution < -0.4 is 21.7 Å². The SMILES string of the molecule is CCC(C)C(NC(=O)C(N)Cc1ccccc1)C(=O)NC(CS)C(=O)NC(CCSC)C(=O)O. The summed E-state index contributed by atoms with van der Waals surface area (Å²) in [6.07, 6.45) is 3.00. The summed E-state index contributed by atoms with van der Waals surface area (Å²) in [5.41, 5.74) is 6.96. The Balaban J connectivity index is 2.84. The van der Waals surface area contributed by atoms with E-state index in [4.69, 9.17) is 5.73 Å². The number of nitrogens with one attached hydrogen (secondary N) is 3. The molecule has 0 aliphatic rings. The first-order chi connectivity index (χ1) is 16.1. The maximum Gasteiger partial charge on any atom is 0.326 e. The fraction of sp³-hybridized carbons (Fsp3) is 0.565. The molecule has 1 rings (SSSR count). The van der Waals surface area contributed by atoms with Crippen molar-refractivity contribution in [2.45, 2.75) is 57.3 Å². The standard InChI is InChI=1S/C23H36N4O5S2/c1-4-14(2)19(27-20(28)16(24)12-15-8-6-5-7-9-15)22(30)26-18(13-33)21(29)25-17(23(31)32)10-11-34-3/h5-9,14,16-19,33H,4,10-13,24H2,1-3H3,(H,25,29)(H,26,30)(H,27,28)(H,31,32). The van der Waals surface area contributed by atoms with Crippen LogP contribution in [0.15, 0.2) is 30.3 Å². The van der Waals surface area contributed by atoms with Gasteiger partial charge in [-0.05, 0) is 36.3 Å². The second-order valence-electron chi connectivity index (χ2n) is 8.09. The lowest BCUT2D eigenvalue weighted by Crippen LogP contribution is -2.59. The second-order valence-corrected chi connectivity index (χ2v) is 9.44. The van der Waals surface area contributed by atoms with Gasteiger partial charge < -0.3 is 26.8 Å². The first-order valence-electron chi connectivity index (χ1n) is 11.2. The highest BCUT2D eigenvalue weighted by atomic mass is 32.2. The van der Waals surface area contributed by atoms with Gasteiger partial charge in [-0.15, -0.1) is 0 Å². The van der Waals surface area contributed by atoms with Gasteiger partial charge >= 0.3 is 5.97 Å². The van der Waals surface area contributed by atoms with Crippen molar-refractivity contribution in [3.05, 3.63) is 35.9 Å². The Hall–Kier alpha value is -2.24. The van der Waals surface area contributed by atoms with Crippen LogP contribution in [0.4, 0.5) is 0 Å². The number of carboxylic acid groups (broad SMARTS) is 1. The topological polar surface area (TPSA) is 151 Å². The van der Waals surface area contributed by atoms with Crippen molar-refractivity contribution in [1.29, 1.82) is 0 Å². The van der Waals surface area contributed by atoms with Crippen LogP contribution in [-0.4, -0.2) is 70.7 Å². The highest BCUT2D eigenvalue weighted by Crippen LogP contribution is 2.10. The number of carboxylic acids is 1. The predicted octanol–water partition coefficient (Wildman–Crippen LogP) is 0.824. The number of amides is 3. The molecule has 0 saturated carbocycles. The van der Waals surface area contributed by atoms with Gasteiger partial charge in [0.15, 0.2) is 0 Å². The molecule has 0 radical (unpaired) electrons. The molecule has 11 heteroatoms. The molecule has 1 aromatic carbocycles. The molecule has 5 unspecified atom stereocenters. The van der Waals surface area contributed by atoms with E-state index in [9.17, 15) is 24.3 Å². The molecule has 6 N–H and O–H groups in total. The zero-order chi connectivity index (χ0) is 25.7. The quantitative estimate of drug-likeness (QED) is 0.190. The summed E-state index contributed by atoms with van der Waals surface area (Å²) in [5.74, 6) is -2.54. The lowest BCUT2D eigenvalue weighted by molar-refractivity contribution is -0.142. The fourth-order valence-corrected chi connectivity index (χ4v) is 3.87. The minimum Gasteiger partial charge on any atom is -0.480 e. The second kappa shape index (κ2) is 15.6. The molecule has 0 aromatic heterocycles. The van der Waals surface area contributed by atoms with Gasteiger partial charge in [-0.2, -0.15) is 24.4 Å². The van der Waals surface area contributed by atoms with Crippen LogP contribution >= 0.6 is 24.4 Å². The maximum atomic E-state index is 13.0. The molecule has 0 saturated heterocycles. The van der Waals surface area contributed by atoms with E-state index >= 15 is 0 Å². The van der Waals surface area contributed by atoms with Crippen LogP contribution in [0.5, 0.6) is 0 Å². The first-order valence-corrected chi connectivity index (χ1v) is 13.2. The van der Waals surface area contributed by atoms with Crippen LogP contribution in [0.2, 0.25) is 0 Å². The summed E-state index contributed by atoms with van der Waals surface area (Å²) in [4.78, 5) is 49.8. The zero-order valence-electron chi connectivity index (χ0n) is 19.8. The van der Waals surface area contributed by atoms with E-state index < -0.39 is 47.9 Å². The van der Waals surface area contributed by atoms with Gasteiger partial charge in [-0.1, -0.05) is 50.6 Å². The van der Waals surface area contributed by atoms with E-state index in [-0.39, 0.29) is 18.1 Å². The average molecular weight is 513 g/mol. The Morgan fingerprint density at radius 1 is 1.03 bits per heavy atom. The van der Waals surface area contributed by atoms with Crippen molar-refractivity contribution in [1.82, 2.24) is 16.0 Å². The van der Waals surface area contributed by atoms with Crippen molar-refractivity contribution >= 4 is 48.1 Å². The third-order valence-electron chi connectivity index (χ3n) is 5.47. The van der Waals surface area contributed by atoms with E-state index in [2.05, 4.69) is 28.6 Å². The molecule has 0 fully saturated rings.